The number of methoxy groups -OCH3 is 1. The summed E-state index contributed by atoms with van der Waals surface area (Å²) in [6.45, 7) is 0.209. The van der Waals surface area contributed by atoms with E-state index in [2.05, 4.69) is 10.4 Å². The summed E-state index contributed by atoms with van der Waals surface area (Å²) in [5, 5.41) is 6.58. The van der Waals surface area contributed by atoms with E-state index in [1.807, 2.05) is 0 Å². The molecule has 1 N–H and O–H groups in total. The summed E-state index contributed by atoms with van der Waals surface area (Å²) in [7, 11) is 1.58. The summed E-state index contributed by atoms with van der Waals surface area (Å²) < 4.78 is 29.4. The standard InChI is InChI=1S/C19H18FN3O5/c1-26-15-6-8-16(9-7-15)27-11-10-21-17(24)12-23-19(25)28-18(22-23)13-2-4-14(20)5-3-13/h2-9H,10-12H2,1H3,(H,21,24). The van der Waals surface area contributed by atoms with E-state index < -0.39 is 17.5 Å². The van der Waals surface area contributed by atoms with Gasteiger partial charge in [0.1, 0.15) is 30.5 Å². The fourth-order valence-corrected chi connectivity index (χ4v) is 2.34. The highest BCUT2D eigenvalue weighted by atomic mass is 19.1. The second-order valence-electron chi connectivity index (χ2n) is 5.71. The van der Waals surface area contributed by atoms with Crippen LogP contribution in [0.15, 0.2) is 57.7 Å². The Kier molecular flexibility index (Phi) is 6.05. The average molecular weight is 387 g/mol. The van der Waals surface area contributed by atoms with E-state index in [4.69, 9.17) is 13.9 Å². The minimum atomic E-state index is -0.774. The SMILES string of the molecule is COc1ccc(OCCNC(=O)Cn2nc(-c3ccc(F)cc3)oc2=O)cc1. The van der Waals surface area contributed by atoms with Crippen molar-refractivity contribution < 1.29 is 23.1 Å². The summed E-state index contributed by atoms with van der Waals surface area (Å²) in [5.74, 6) is -0.226. The number of aromatic nitrogens is 2. The zero-order valence-electron chi connectivity index (χ0n) is 15.1. The Morgan fingerprint density at radius 1 is 1.14 bits per heavy atom. The molecule has 0 spiro atoms. The van der Waals surface area contributed by atoms with Gasteiger partial charge >= 0.3 is 5.76 Å². The van der Waals surface area contributed by atoms with E-state index in [1.165, 1.54) is 24.3 Å². The maximum atomic E-state index is 13.0. The van der Waals surface area contributed by atoms with Gasteiger partial charge in [-0.3, -0.25) is 4.79 Å². The average Bonchev–Trinajstić information content (AvgIpc) is 3.06. The third-order valence-electron chi connectivity index (χ3n) is 3.74. The summed E-state index contributed by atoms with van der Waals surface area (Å²) in [4.78, 5) is 23.8. The number of carbonyl (C=O) groups is 1. The third kappa shape index (κ3) is 4.97. The summed E-state index contributed by atoms with van der Waals surface area (Å²) >= 11 is 0. The molecule has 0 aliphatic rings. The number of carbonyl (C=O) groups excluding carboxylic acids is 1. The Balaban J connectivity index is 1.48. The maximum Gasteiger partial charge on any atom is 0.437 e. The fourth-order valence-electron chi connectivity index (χ4n) is 2.34. The van der Waals surface area contributed by atoms with Crippen LogP contribution in [0.5, 0.6) is 11.5 Å². The first-order valence-electron chi connectivity index (χ1n) is 8.42. The summed E-state index contributed by atoms with van der Waals surface area (Å²) in [5.41, 5.74) is 0.436. The first-order valence-corrected chi connectivity index (χ1v) is 8.42. The van der Waals surface area contributed by atoms with Crippen LogP contribution in [0.2, 0.25) is 0 Å². The molecular weight excluding hydrogens is 369 g/mol. The van der Waals surface area contributed by atoms with Crippen molar-refractivity contribution in [3.8, 4) is 23.0 Å². The van der Waals surface area contributed by atoms with Gasteiger partial charge < -0.3 is 19.2 Å². The van der Waals surface area contributed by atoms with Gasteiger partial charge in [-0.05, 0) is 48.5 Å². The molecule has 0 aliphatic carbocycles. The minimum Gasteiger partial charge on any atom is -0.497 e. The lowest BCUT2D eigenvalue weighted by molar-refractivity contribution is -0.122. The van der Waals surface area contributed by atoms with Crippen LogP contribution >= 0.6 is 0 Å². The van der Waals surface area contributed by atoms with Crippen LogP contribution in [-0.2, 0) is 11.3 Å². The molecule has 3 aromatic rings. The highest BCUT2D eigenvalue weighted by Crippen LogP contribution is 2.17. The van der Waals surface area contributed by atoms with E-state index in [9.17, 15) is 14.0 Å². The van der Waals surface area contributed by atoms with Gasteiger partial charge in [-0.25, -0.2) is 9.18 Å². The van der Waals surface area contributed by atoms with E-state index >= 15 is 0 Å². The van der Waals surface area contributed by atoms with Crippen molar-refractivity contribution in [1.29, 1.82) is 0 Å². The van der Waals surface area contributed by atoms with E-state index in [-0.39, 0.29) is 25.6 Å². The first kappa shape index (κ1) is 19.2. The van der Waals surface area contributed by atoms with Crippen molar-refractivity contribution in [1.82, 2.24) is 15.1 Å². The van der Waals surface area contributed by atoms with Crippen molar-refractivity contribution >= 4 is 5.91 Å². The highest BCUT2D eigenvalue weighted by molar-refractivity contribution is 5.75. The van der Waals surface area contributed by atoms with Gasteiger partial charge in [0.15, 0.2) is 0 Å². The fraction of sp³-hybridized carbons (Fsp3) is 0.211. The topological polar surface area (TPSA) is 95.6 Å². The molecule has 0 fully saturated rings. The quantitative estimate of drug-likeness (QED) is 0.593. The van der Waals surface area contributed by atoms with Crippen LogP contribution in [0.1, 0.15) is 0 Å². The molecule has 0 radical (unpaired) electrons. The van der Waals surface area contributed by atoms with Gasteiger partial charge in [0.05, 0.1) is 13.7 Å². The lowest BCUT2D eigenvalue weighted by Gasteiger charge is -2.08. The molecule has 0 atom stereocenters. The maximum absolute atomic E-state index is 13.0. The number of nitrogens with one attached hydrogen (secondary N) is 1. The van der Waals surface area contributed by atoms with Gasteiger partial charge in [-0.2, -0.15) is 4.68 Å². The molecule has 8 nitrogen and oxygen atoms in total. The van der Waals surface area contributed by atoms with Gasteiger partial charge in [0.2, 0.25) is 11.8 Å². The normalized spacial score (nSPS) is 10.5. The Bertz CT molecular complexity index is 980. The molecular formula is C19H18FN3O5. The zero-order chi connectivity index (χ0) is 19.9. The molecule has 0 bridgehead atoms. The van der Waals surface area contributed by atoms with Crippen LogP contribution in [0.4, 0.5) is 4.39 Å². The molecule has 146 valence electrons. The number of rotatable bonds is 8. The number of hydrogen-bond acceptors (Lipinski definition) is 6. The van der Waals surface area contributed by atoms with Gasteiger partial charge in [0.25, 0.3) is 0 Å². The predicted molar refractivity (Wildman–Crippen MR) is 97.7 cm³/mol. The van der Waals surface area contributed by atoms with Crippen molar-refractivity contribution in [3.05, 3.63) is 64.9 Å². The lowest BCUT2D eigenvalue weighted by Crippen LogP contribution is -2.33. The predicted octanol–water partition coefficient (Wildman–Crippen LogP) is 1.85. The summed E-state index contributed by atoms with van der Waals surface area (Å²) in [6, 6.07) is 12.4. The molecule has 9 heteroatoms. The number of amides is 1. The van der Waals surface area contributed by atoms with Crippen molar-refractivity contribution in [3.63, 3.8) is 0 Å². The van der Waals surface area contributed by atoms with Crippen molar-refractivity contribution in [2.45, 2.75) is 6.54 Å². The number of nitrogens with zero attached hydrogens (tertiary/aromatic N) is 2. The van der Waals surface area contributed by atoms with Gasteiger partial charge in [-0.15, -0.1) is 5.10 Å². The smallest absolute Gasteiger partial charge is 0.437 e. The molecule has 2 aromatic carbocycles. The molecule has 0 saturated heterocycles. The van der Waals surface area contributed by atoms with Gasteiger partial charge in [-0.1, -0.05) is 0 Å². The van der Waals surface area contributed by atoms with E-state index in [0.717, 1.165) is 10.4 Å². The zero-order valence-corrected chi connectivity index (χ0v) is 15.1. The number of hydrogen-bond donors (Lipinski definition) is 1. The molecule has 28 heavy (non-hydrogen) atoms. The number of ether oxygens (including phenoxy) is 2. The first-order chi connectivity index (χ1) is 13.5. The largest absolute Gasteiger partial charge is 0.497 e. The minimum absolute atomic E-state index is 0.0145. The van der Waals surface area contributed by atoms with Crippen molar-refractivity contribution in [2.24, 2.45) is 0 Å². The van der Waals surface area contributed by atoms with Crippen LogP contribution in [-0.4, -0.2) is 35.9 Å². The van der Waals surface area contributed by atoms with Crippen LogP contribution in [0.25, 0.3) is 11.5 Å². The third-order valence-corrected chi connectivity index (χ3v) is 3.74. The molecule has 1 aromatic heterocycles. The molecule has 1 heterocycles. The molecule has 0 aliphatic heterocycles. The number of benzene rings is 2. The Morgan fingerprint density at radius 2 is 1.82 bits per heavy atom. The second kappa shape index (κ2) is 8.85. The molecule has 0 saturated carbocycles. The summed E-state index contributed by atoms with van der Waals surface area (Å²) in [6.07, 6.45) is 0. The van der Waals surface area contributed by atoms with Crippen LogP contribution < -0.4 is 20.5 Å². The molecule has 3 rings (SSSR count). The van der Waals surface area contributed by atoms with Crippen LogP contribution in [0.3, 0.4) is 0 Å². The second-order valence-corrected chi connectivity index (χ2v) is 5.71. The van der Waals surface area contributed by atoms with E-state index in [1.54, 1.807) is 31.4 Å². The number of halogens is 1. The Hall–Kier alpha value is -3.62. The lowest BCUT2D eigenvalue weighted by atomic mass is 10.2. The molecule has 1 amide bonds. The monoisotopic (exact) mass is 387 g/mol. The van der Waals surface area contributed by atoms with Gasteiger partial charge in [0, 0.05) is 5.56 Å². The van der Waals surface area contributed by atoms with E-state index in [0.29, 0.717) is 11.3 Å². The highest BCUT2D eigenvalue weighted by Gasteiger charge is 2.13. The van der Waals surface area contributed by atoms with Crippen LogP contribution in [0, 0.1) is 5.82 Å². The van der Waals surface area contributed by atoms with Crippen molar-refractivity contribution in [2.75, 3.05) is 20.3 Å². The molecule has 0 unspecified atom stereocenters. The Morgan fingerprint density at radius 3 is 2.50 bits per heavy atom. The Labute approximate surface area is 159 Å².